The quantitative estimate of drug-likeness (QED) is 0.376. The van der Waals surface area contributed by atoms with Crippen molar-refractivity contribution in [3.8, 4) is 17.2 Å². The minimum Gasteiger partial charge on any atom is -0.478 e. The highest BCUT2D eigenvalue weighted by Crippen LogP contribution is 2.53. The maximum Gasteiger partial charge on any atom is 0.339 e. The summed E-state index contributed by atoms with van der Waals surface area (Å²) in [6.07, 6.45) is 0. The van der Waals surface area contributed by atoms with E-state index in [-0.39, 0.29) is 27.7 Å². The molecule has 0 unspecified atom stereocenters. The van der Waals surface area contributed by atoms with Crippen molar-refractivity contribution in [2.45, 2.75) is 17.6 Å². The minimum absolute atomic E-state index is 0.0140. The van der Waals surface area contributed by atoms with E-state index in [0.717, 1.165) is 6.07 Å². The first-order valence-corrected chi connectivity index (χ1v) is 12.1. The van der Waals surface area contributed by atoms with Gasteiger partial charge in [-0.25, -0.2) is 4.79 Å². The highest BCUT2D eigenvalue weighted by Gasteiger charge is 2.47. The lowest BCUT2D eigenvalue weighted by Gasteiger charge is -2.28. The van der Waals surface area contributed by atoms with Gasteiger partial charge in [-0.05, 0) is 24.6 Å². The molecule has 1 aliphatic heterocycles. The molecule has 4 aromatic rings. The Hall–Kier alpha value is -4.30. The minimum atomic E-state index is -4.30. The predicted octanol–water partition coefficient (Wildman–Crippen LogP) is 5.13. The number of hydrogen-bond acceptors (Lipinski definition) is 6. The topological polar surface area (TPSA) is 99.1 Å². The molecule has 8 heteroatoms. The second-order valence-corrected chi connectivity index (χ2v) is 9.48. The largest absolute Gasteiger partial charge is 0.478 e. The van der Waals surface area contributed by atoms with E-state index >= 15 is 0 Å². The molecule has 35 heavy (non-hydrogen) atoms. The standard InChI is InChI=1S/C27H20O7S/c1-18-10-8-9-15-24(18)35(30,31)34-23-17-19(26(28)29)16-22-25(23)33-27(32-22,20-11-4-2-5-12-20)21-13-6-3-7-14-21/h2-17H,1H3,(H,28,29). The number of aromatic carboxylic acids is 1. The summed E-state index contributed by atoms with van der Waals surface area (Å²) in [6, 6.07) is 26.9. The number of hydrogen-bond donors (Lipinski definition) is 1. The van der Waals surface area contributed by atoms with Crippen LogP contribution in [0.4, 0.5) is 0 Å². The zero-order valence-electron chi connectivity index (χ0n) is 18.5. The van der Waals surface area contributed by atoms with Gasteiger partial charge in [-0.3, -0.25) is 0 Å². The van der Waals surface area contributed by atoms with E-state index in [2.05, 4.69) is 0 Å². The summed E-state index contributed by atoms with van der Waals surface area (Å²) in [4.78, 5) is 11.8. The van der Waals surface area contributed by atoms with Crippen LogP contribution in [0.15, 0.2) is 102 Å². The highest BCUT2D eigenvalue weighted by molar-refractivity contribution is 7.87. The van der Waals surface area contributed by atoms with E-state index in [9.17, 15) is 18.3 Å². The van der Waals surface area contributed by atoms with Crippen molar-refractivity contribution >= 4 is 16.1 Å². The van der Waals surface area contributed by atoms with Crippen LogP contribution in [0.5, 0.6) is 17.2 Å². The fraction of sp³-hybridized carbons (Fsp3) is 0.0741. The molecule has 0 spiro atoms. The lowest BCUT2D eigenvalue weighted by molar-refractivity contribution is -0.0464. The molecule has 0 radical (unpaired) electrons. The first-order chi connectivity index (χ1) is 16.8. The molecule has 4 aromatic carbocycles. The van der Waals surface area contributed by atoms with E-state index in [1.165, 1.54) is 12.1 Å². The first-order valence-electron chi connectivity index (χ1n) is 10.7. The second kappa shape index (κ2) is 8.48. The van der Waals surface area contributed by atoms with Crippen LogP contribution in [0.1, 0.15) is 27.0 Å². The number of aryl methyl sites for hydroxylation is 1. The molecule has 1 N–H and O–H groups in total. The summed E-state index contributed by atoms with van der Waals surface area (Å²) in [6.45, 7) is 1.64. The van der Waals surface area contributed by atoms with Gasteiger partial charge in [0.05, 0.1) is 5.56 Å². The highest BCUT2D eigenvalue weighted by atomic mass is 32.2. The average molecular weight is 489 g/mol. The molecule has 0 saturated heterocycles. The summed E-state index contributed by atoms with van der Waals surface area (Å²) in [7, 11) is -4.30. The number of rotatable bonds is 6. The number of ether oxygens (including phenoxy) is 2. The predicted molar refractivity (Wildman–Crippen MR) is 127 cm³/mol. The van der Waals surface area contributed by atoms with Crippen molar-refractivity contribution in [2.75, 3.05) is 0 Å². The van der Waals surface area contributed by atoms with Crippen LogP contribution in [0.2, 0.25) is 0 Å². The molecule has 0 aliphatic carbocycles. The molecule has 176 valence electrons. The lowest BCUT2D eigenvalue weighted by atomic mass is 9.97. The van der Waals surface area contributed by atoms with Gasteiger partial charge < -0.3 is 18.8 Å². The Morgan fingerprint density at radius 2 is 1.40 bits per heavy atom. The molecule has 0 amide bonds. The number of carboxylic acid groups (broad SMARTS) is 1. The van der Waals surface area contributed by atoms with Crippen molar-refractivity contribution in [3.63, 3.8) is 0 Å². The van der Waals surface area contributed by atoms with Crippen molar-refractivity contribution in [3.05, 3.63) is 119 Å². The molecule has 0 saturated carbocycles. The summed E-state index contributed by atoms with van der Waals surface area (Å²) in [5.41, 5.74) is 1.54. The number of fused-ring (bicyclic) bond motifs is 1. The zero-order valence-corrected chi connectivity index (χ0v) is 19.4. The van der Waals surface area contributed by atoms with Gasteiger partial charge in [-0.2, -0.15) is 8.42 Å². The lowest BCUT2D eigenvalue weighted by Crippen LogP contribution is -2.36. The molecule has 1 aliphatic rings. The Bertz CT molecular complexity index is 1470. The Balaban J connectivity index is 1.67. The van der Waals surface area contributed by atoms with Crippen molar-refractivity contribution in [2.24, 2.45) is 0 Å². The first kappa shape index (κ1) is 22.5. The molecular weight excluding hydrogens is 468 g/mol. The molecule has 0 aromatic heterocycles. The summed E-state index contributed by atoms with van der Waals surface area (Å²) in [5.74, 6) is -3.00. The van der Waals surface area contributed by atoms with E-state index < -0.39 is 21.9 Å². The monoisotopic (exact) mass is 488 g/mol. The Kier molecular flexibility index (Phi) is 5.45. The Morgan fingerprint density at radius 3 is 1.97 bits per heavy atom. The molecular formula is C27H20O7S. The number of carboxylic acids is 1. The molecule has 5 rings (SSSR count). The van der Waals surface area contributed by atoms with Crippen LogP contribution in [-0.2, 0) is 15.9 Å². The van der Waals surface area contributed by atoms with Gasteiger partial charge in [0.1, 0.15) is 4.90 Å². The van der Waals surface area contributed by atoms with Crippen LogP contribution in [-0.4, -0.2) is 19.5 Å². The third kappa shape index (κ3) is 3.98. The Morgan fingerprint density at radius 1 is 0.829 bits per heavy atom. The molecule has 0 fully saturated rings. The smallest absolute Gasteiger partial charge is 0.339 e. The molecule has 7 nitrogen and oxygen atoms in total. The summed E-state index contributed by atoms with van der Waals surface area (Å²) in [5, 5.41) is 9.66. The van der Waals surface area contributed by atoms with Crippen LogP contribution >= 0.6 is 0 Å². The van der Waals surface area contributed by atoms with Crippen LogP contribution in [0.25, 0.3) is 0 Å². The fourth-order valence-electron chi connectivity index (χ4n) is 3.98. The van der Waals surface area contributed by atoms with Crippen LogP contribution in [0.3, 0.4) is 0 Å². The van der Waals surface area contributed by atoms with Crippen molar-refractivity contribution in [1.82, 2.24) is 0 Å². The van der Waals surface area contributed by atoms with E-state index in [1.807, 2.05) is 60.7 Å². The normalized spacial score (nSPS) is 13.9. The summed E-state index contributed by atoms with van der Waals surface area (Å²) < 4.78 is 44.4. The SMILES string of the molecule is Cc1ccccc1S(=O)(=O)Oc1cc(C(=O)O)cc2c1OC(c1ccccc1)(c1ccccc1)O2. The van der Waals surface area contributed by atoms with Gasteiger partial charge in [0, 0.05) is 17.2 Å². The van der Waals surface area contributed by atoms with Gasteiger partial charge >= 0.3 is 21.9 Å². The Labute approximate surface area is 202 Å². The maximum absolute atomic E-state index is 13.1. The van der Waals surface area contributed by atoms with Crippen LogP contribution in [0, 0.1) is 6.92 Å². The molecule has 0 bridgehead atoms. The van der Waals surface area contributed by atoms with Crippen molar-refractivity contribution < 1.29 is 32.0 Å². The maximum atomic E-state index is 13.1. The number of benzene rings is 4. The van der Waals surface area contributed by atoms with Gasteiger partial charge in [-0.15, -0.1) is 0 Å². The molecule has 0 atom stereocenters. The van der Waals surface area contributed by atoms with Gasteiger partial charge in [0.15, 0.2) is 11.5 Å². The third-order valence-electron chi connectivity index (χ3n) is 5.64. The van der Waals surface area contributed by atoms with E-state index in [4.69, 9.17) is 13.7 Å². The van der Waals surface area contributed by atoms with E-state index in [0.29, 0.717) is 16.7 Å². The fourth-order valence-corrected chi connectivity index (χ4v) is 5.13. The zero-order chi connectivity index (χ0) is 24.6. The number of carbonyl (C=O) groups is 1. The summed E-state index contributed by atoms with van der Waals surface area (Å²) >= 11 is 0. The van der Waals surface area contributed by atoms with Gasteiger partial charge in [0.2, 0.25) is 5.75 Å². The van der Waals surface area contributed by atoms with Crippen LogP contribution < -0.4 is 13.7 Å². The van der Waals surface area contributed by atoms with Gasteiger partial charge in [-0.1, -0.05) is 78.9 Å². The average Bonchev–Trinajstić information content (AvgIpc) is 3.26. The second-order valence-electron chi connectivity index (χ2n) is 7.96. The molecule has 1 heterocycles. The third-order valence-corrected chi connectivity index (χ3v) is 7.03. The van der Waals surface area contributed by atoms with Gasteiger partial charge in [0.25, 0.3) is 0 Å². The van der Waals surface area contributed by atoms with E-state index in [1.54, 1.807) is 25.1 Å². The van der Waals surface area contributed by atoms with Crippen molar-refractivity contribution in [1.29, 1.82) is 0 Å².